The summed E-state index contributed by atoms with van der Waals surface area (Å²) in [6.45, 7) is 0. The summed E-state index contributed by atoms with van der Waals surface area (Å²) in [4.78, 5) is 44.8. The molecule has 0 aromatic heterocycles. The molecule has 128 valence electrons. The predicted octanol–water partition coefficient (Wildman–Crippen LogP) is 2.04. The van der Waals surface area contributed by atoms with Crippen molar-refractivity contribution < 1.29 is 19.4 Å². The molecule has 25 heavy (non-hydrogen) atoms. The van der Waals surface area contributed by atoms with Gasteiger partial charge in [-0.2, -0.15) is 0 Å². The van der Waals surface area contributed by atoms with Crippen molar-refractivity contribution in [3.05, 3.63) is 68.8 Å². The van der Waals surface area contributed by atoms with Crippen LogP contribution in [0.3, 0.4) is 0 Å². The van der Waals surface area contributed by atoms with E-state index in [9.17, 15) is 29.8 Å². The molecule has 0 spiro atoms. The Hall–Kier alpha value is -3.82. The highest BCUT2D eigenvalue weighted by Gasteiger charge is 2.21. The molecule has 10 heteroatoms. The Morgan fingerprint density at radius 1 is 0.840 bits per heavy atom. The molecule has 0 aliphatic heterocycles. The van der Waals surface area contributed by atoms with Crippen LogP contribution in [0.5, 0.6) is 0 Å². The van der Waals surface area contributed by atoms with Crippen LogP contribution in [-0.2, 0) is 9.59 Å². The van der Waals surface area contributed by atoms with Crippen LogP contribution in [0.2, 0.25) is 0 Å². The number of nitro groups is 2. The van der Waals surface area contributed by atoms with Crippen LogP contribution in [0.15, 0.2) is 48.5 Å². The number of nitro benzene ring substituents is 2. The molecule has 0 saturated heterocycles. The molecule has 0 bridgehead atoms. The second kappa shape index (κ2) is 7.17. The summed E-state index contributed by atoms with van der Waals surface area (Å²) in [5.74, 6) is -1.52. The maximum atomic E-state index is 12.3. The Labute approximate surface area is 140 Å². The third kappa shape index (κ3) is 4.13. The highest BCUT2D eigenvalue weighted by Crippen LogP contribution is 2.29. The van der Waals surface area contributed by atoms with Crippen LogP contribution in [0.4, 0.5) is 22.7 Å². The first-order valence-corrected chi connectivity index (χ1v) is 6.90. The summed E-state index contributed by atoms with van der Waals surface area (Å²) < 4.78 is 0. The van der Waals surface area contributed by atoms with E-state index < -0.39 is 28.1 Å². The number of amides is 2. The Morgan fingerprint density at radius 2 is 1.20 bits per heavy atom. The molecular formula is C15H12N4O6. The molecule has 2 aromatic carbocycles. The third-order valence-corrected chi connectivity index (χ3v) is 3.21. The average molecular weight is 344 g/mol. The normalized spacial score (nSPS) is 10.1. The van der Waals surface area contributed by atoms with Gasteiger partial charge in [-0.25, -0.2) is 0 Å². The van der Waals surface area contributed by atoms with Gasteiger partial charge < -0.3 is 5.73 Å². The van der Waals surface area contributed by atoms with E-state index in [0.29, 0.717) is 0 Å². The van der Waals surface area contributed by atoms with Gasteiger partial charge in [0.05, 0.1) is 9.85 Å². The lowest BCUT2D eigenvalue weighted by Gasteiger charge is -2.22. The maximum absolute atomic E-state index is 12.3. The largest absolute Gasteiger partial charge is 0.369 e. The molecule has 0 atom stereocenters. The zero-order valence-corrected chi connectivity index (χ0v) is 12.7. The number of rotatable bonds is 6. The van der Waals surface area contributed by atoms with E-state index in [1.165, 1.54) is 48.5 Å². The lowest BCUT2D eigenvalue weighted by atomic mass is 10.2. The van der Waals surface area contributed by atoms with Crippen LogP contribution in [-0.4, -0.2) is 21.7 Å². The van der Waals surface area contributed by atoms with Crippen molar-refractivity contribution in [3.63, 3.8) is 0 Å². The summed E-state index contributed by atoms with van der Waals surface area (Å²) in [6.07, 6.45) is -0.589. The van der Waals surface area contributed by atoms with E-state index in [0.717, 1.165) is 4.90 Å². The Bertz CT molecular complexity index is 775. The second-order valence-electron chi connectivity index (χ2n) is 4.92. The van der Waals surface area contributed by atoms with E-state index >= 15 is 0 Å². The van der Waals surface area contributed by atoms with Gasteiger partial charge in [-0.05, 0) is 24.3 Å². The van der Waals surface area contributed by atoms with Crippen molar-refractivity contribution in [1.82, 2.24) is 0 Å². The molecule has 0 heterocycles. The van der Waals surface area contributed by atoms with Gasteiger partial charge in [-0.3, -0.25) is 34.7 Å². The zero-order chi connectivity index (χ0) is 18.6. The van der Waals surface area contributed by atoms with Gasteiger partial charge >= 0.3 is 0 Å². The molecule has 0 fully saturated rings. The van der Waals surface area contributed by atoms with E-state index in [-0.39, 0.29) is 22.7 Å². The quantitative estimate of drug-likeness (QED) is 0.481. The van der Waals surface area contributed by atoms with Crippen LogP contribution in [0, 0.1) is 20.2 Å². The van der Waals surface area contributed by atoms with Crippen molar-refractivity contribution in [1.29, 1.82) is 0 Å². The molecular weight excluding hydrogens is 332 g/mol. The van der Waals surface area contributed by atoms with Crippen LogP contribution in [0.25, 0.3) is 0 Å². The molecule has 2 N–H and O–H groups in total. The Morgan fingerprint density at radius 3 is 1.48 bits per heavy atom. The van der Waals surface area contributed by atoms with Crippen LogP contribution in [0.1, 0.15) is 6.42 Å². The van der Waals surface area contributed by atoms with E-state index in [1.807, 2.05) is 0 Å². The van der Waals surface area contributed by atoms with Crippen molar-refractivity contribution in [2.24, 2.45) is 5.73 Å². The SMILES string of the molecule is NC(=O)CC(=O)N(c1ccc([N+](=O)[O-])cc1)c1ccc([N+](=O)[O-])cc1. The van der Waals surface area contributed by atoms with Crippen molar-refractivity contribution >= 4 is 34.6 Å². The van der Waals surface area contributed by atoms with Crippen molar-refractivity contribution in [2.75, 3.05) is 4.90 Å². The number of non-ortho nitro benzene ring substituents is 2. The molecule has 0 aliphatic carbocycles. The fraction of sp³-hybridized carbons (Fsp3) is 0.0667. The number of hydrogen-bond donors (Lipinski definition) is 1. The average Bonchev–Trinajstić information content (AvgIpc) is 2.55. The van der Waals surface area contributed by atoms with Gasteiger partial charge in [0.2, 0.25) is 11.8 Å². The summed E-state index contributed by atoms with van der Waals surface area (Å²) >= 11 is 0. The predicted molar refractivity (Wildman–Crippen MR) is 87.2 cm³/mol. The number of nitrogens with zero attached hydrogens (tertiary/aromatic N) is 3. The number of primary amides is 1. The van der Waals surface area contributed by atoms with Gasteiger partial charge in [0.1, 0.15) is 6.42 Å². The molecule has 0 saturated carbocycles. The fourth-order valence-corrected chi connectivity index (χ4v) is 2.11. The number of benzene rings is 2. The molecule has 2 amide bonds. The number of carbonyl (C=O) groups is 2. The molecule has 10 nitrogen and oxygen atoms in total. The number of anilines is 2. The molecule has 0 unspecified atom stereocenters. The summed E-state index contributed by atoms with van der Waals surface area (Å²) in [7, 11) is 0. The maximum Gasteiger partial charge on any atom is 0.269 e. The monoisotopic (exact) mass is 344 g/mol. The minimum Gasteiger partial charge on any atom is -0.369 e. The number of nitrogens with two attached hydrogens (primary N) is 1. The third-order valence-electron chi connectivity index (χ3n) is 3.21. The van der Waals surface area contributed by atoms with Gasteiger partial charge in [0, 0.05) is 35.6 Å². The van der Waals surface area contributed by atoms with E-state index in [2.05, 4.69) is 0 Å². The zero-order valence-electron chi connectivity index (χ0n) is 12.7. The topological polar surface area (TPSA) is 150 Å². The number of carbonyl (C=O) groups excluding carboxylic acids is 2. The molecule has 0 aliphatic rings. The van der Waals surface area contributed by atoms with Crippen molar-refractivity contribution in [3.8, 4) is 0 Å². The lowest BCUT2D eigenvalue weighted by molar-refractivity contribution is -0.385. The highest BCUT2D eigenvalue weighted by atomic mass is 16.6. The lowest BCUT2D eigenvalue weighted by Crippen LogP contribution is -2.30. The minimum absolute atomic E-state index is 0.172. The smallest absolute Gasteiger partial charge is 0.269 e. The fourth-order valence-electron chi connectivity index (χ4n) is 2.11. The van der Waals surface area contributed by atoms with Gasteiger partial charge in [0.15, 0.2) is 0 Å². The van der Waals surface area contributed by atoms with E-state index in [1.54, 1.807) is 0 Å². The van der Waals surface area contributed by atoms with Crippen molar-refractivity contribution in [2.45, 2.75) is 6.42 Å². The minimum atomic E-state index is -0.848. The number of hydrogen-bond acceptors (Lipinski definition) is 6. The summed E-state index contributed by atoms with van der Waals surface area (Å²) in [5, 5.41) is 21.5. The van der Waals surface area contributed by atoms with Gasteiger partial charge in [0.25, 0.3) is 11.4 Å². The van der Waals surface area contributed by atoms with Crippen LogP contribution >= 0.6 is 0 Å². The molecule has 2 aromatic rings. The Balaban J connectivity index is 2.45. The first-order chi connectivity index (χ1) is 11.8. The first-order valence-electron chi connectivity index (χ1n) is 6.90. The summed E-state index contributed by atoms with van der Waals surface area (Å²) in [6, 6.07) is 10.1. The summed E-state index contributed by atoms with van der Waals surface area (Å²) in [5.41, 5.74) is 5.22. The van der Waals surface area contributed by atoms with E-state index in [4.69, 9.17) is 5.73 Å². The molecule has 0 radical (unpaired) electrons. The van der Waals surface area contributed by atoms with Gasteiger partial charge in [-0.15, -0.1) is 0 Å². The second-order valence-corrected chi connectivity index (χ2v) is 4.92. The molecule has 2 rings (SSSR count). The Kier molecular flexibility index (Phi) is 5.03. The standard InChI is InChI=1S/C15H12N4O6/c16-14(20)9-15(21)17(10-1-5-12(6-2-10)18(22)23)11-3-7-13(8-4-11)19(24)25/h1-8H,9H2,(H2,16,20). The van der Waals surface area contributed by atoms with Crippen LogP contribution < -0.4 is 10.6 Å². The first kappa shape index (κ1) is 17.5. The highest BCUT2D eigenvalue weighted by molar-refractivity contribution is 6.08. The van der Waals surface area contributed by atoms with Gasteiger partial charge in [-0.1, -0.05) is 0 Å².